The average Bonchev–Trinajstić information content (AvgIpc) is 3.19. The molecule has 0 fully saturated rings. The van der Waals surface area contributed by atoms with Gasteiger partial charge >= 0.3 is 5.97 Å². The van der Waals surface area contributed by atoms with Crippen molar-refractivity contribution < 1.29 is 17.9 Å². The van der Waals surface area contributed by atoms with Crippen LogP contribution in [0.1, 0.15) is 47.1 Å². The van der Waals surface area contributed by atoms with Crippen LogP contribution in [0.15, 0.2) is 64.9 Å². The Labute approximate surface area is 188 Å². The molecule has 3 rings (SSSR count). The summed E-state index contributed by atoms with van der Waals surface area (Å²) < 4.78 is 33.9. The van der Waals surface area contributed by atoms with Crippen LogP contribution in [0.5, 0.6) is 0 Å². The molecular weight excluding hydrogens is 430 g/mol. The standard InChI is InChI=1S/C24H27NO4S2/c1-24(2,3)19-12-13-21(18(16-19)11-10-17-8-6-5-7-9-17)31(27,28)25-20-14-15-30-22(20)23(26)29-4/h5-9,12-16,25H,10-11H2,1-4H3. The second kappa shape index (κ2) is 9.24. The van der Waals surface area contributed by atoms with Crippen molar-refractivity contribution in [1.82, 2.24) is 0 Å². The van der Waals surface area contributed by atoms with Gasteiger partial charge < -0.3 is 4.74 Å². The molecule has 0 aliphatic rings. The largest absolute Gasteiger partial charge is 0.465 e. The number of esters is 1. The molecule has 164 valence electrons. The van der Waals surface area contributed by atoms with E-state index >= 15 is 0 Å². The zero-order chi connectivity index (χ0) is 22.6. The van der Waals surface area contributed by atoms with Crippen LogP contribution < -0.4 is 4.72 Å². The van der Waals surface area contributed by atoms with Gasteiger partial charge in [0.1, 0.15) is 4.88 Å². The van der Waals surface area contributed by atoms with Crippen LogP contribution >= 0.6 is 11.3 Å². The van der Waals surface area contributed by atoms with E-state index in [0.717, 1.165) is 34.4 Å². The number of sulfonamides is 1. The predicted molar refractivity (Wildman–Crippen MR) is 125 cm³/mol. The van der Waals surface area contributed by atoms with E-state index in [0.29, 0.717) is 6.42 Å². The Hall–Kier alpha value is -2.64. The Morgan fingerprint density at radius 3 is 2.39 bits per heavy atom. The summed E-state index contributed by atoms with van der Waals surface area (Å²) in [6, 6.07) is 17.1. The molecule has 0 saturated heterocycles. The molecule has 5 nitrogen and oxygen atoms in total. The van der Waals surface area contributed by atoms with Crippen LogP contribution in [0.2, 0.25) is 0 Å². The van der Waals surface area contributed by atoms with Crippen molar-refractivity contribution in [3.8, 4) is 0 Å². The van der Waals surface area contributed by atoms with Crippen molar-refractivity contribution in [1.29, 1.82) is 0 Å². The molecule has 2 aromatic carbocycles. The quantitative estimate of drug-likeness (QED) is 0.481. The van der Waals surface area contributed by atoms with Crippen LogP contribution in [0.25, 0.3) is 0 Å². The van der Waals surface area contributed by atoms with Gasteiger partial charge in [0.25, 0.3) is 10.0 Å². The Morgan fingerprint density at radius 1 is 1.03 bits per heavy atom. The van der Waals surface area contributed by atoms with E-state index in [1.54, 1.807) is 17.5 Å². The fraction of sp³-hybridized carbons (Fsp3) is 0.292. The number of methoxy groups -OCH3 is 1. The number of carbonyl (C=O) groups excluding carboxylic acids is 1. The van der Waals surface area contributed by atoms with Crippen LogP contribution in [-0.2, 0) is 33.0 Å². The highest BCUT2D eigenvalue weighted by molar-refractivity contribution is 7.92. The minimum atomic E-state index is -3.90. The zero-order valence-electron chi connectivity index (χ0n) is 18.1. The first kappa shape index (κ1) is 23.0. The number of benzene rings is 2. The number of nitrogens with one attached hydrogen (secondary N) is 1. The summed E-state index contributed by atoms with van der Waals surface area (Å²) in [4.78, 5) is 12.4. The normalized spacial score (nSPS) is 11.9. The highest BCUT2D eigenvalue weighted by Gasteiger charge is 2.24. The van der Waals surface area contributed by atoms with Gasteiger partial charge in [-0.25, -0.2) is 13.2 Å². The van der Waals surface area contributed by atoms with E-state index in [1.807, 2.05) is 42.5 Å². The van der Waals surface area contributed by atoms with E-state index in [-0.39, 0.29) is 20.9 Å². The third kappa shape index (κ3) is 5.54. The minimum Gasteiger partial charge on any atom is -0.465 e. The lowest BCUT2D eigenvalue weighted by Crippen LogP contribution is -2.18. The SMILES string of the molecule is COC(=O)c1sccc1NS(=O)(=O)c1ccc(C(C)(C)C)cc1CCc1ccccc1. The summed E-state index contributed by atoms with van der Waals surface area (Å²) in [7, 11) is -2.62. The van der Waals surface area contributed by atoms with Crippen molar-refractivity contribution >= 4 is 33.0 Å². The highest BCUT2D eigenvalue weighted by Crippen LogP contribution is 2.30. The van der Waals surface area contributed by atoms with Gasteiger partial charge in [0.2, 0.25) is 0 Å². The van der Waals surface area contributed by atoms with Gasteiger partial charge in [-0.15, -0.1) is 11.3 Å². The van der Waals surface area contributed by atoms with Gasteiger partial charge in [-0.05, 0) is 52.5 Å². The van der Waals surface area contributed by atoms with Gasteiger partial charge in [-0.1, -0.05) is 63.2 Å². The molecule has 1 N–H and O–H groups in total. The lowest BCUT2D eigenvalue weighted by molar-refractivity contribution is 0.0607. The second-order valence-corrected chi connectivity index (χ2v) is 10.9. The molecule has 0 aliphatic carbocycles. The van der Waals surface area contributed by atoms with E-state index < -0.39 is 16.0 Å². The molecular formula is C24H27NO4S2. The summed E-state index contributed by atoms with van der Waals surface area (Å²) in [5.41, 5.74) is 3.08. The van der Waals surface area contributed by atoms with Crippen molar-refractivity contribution in [2.24, 2.45) is 0 Å². The molecule has 1 aromatic heterocycles. The van der Waals surface area contributed by atoms with E-state index in [1.165, 1.54) is 7.11 Å². The number of thiophene rings is 1. The molecule has 0 amide bonds. The molecule has 0 bridgehead atoms. The number of hydrogen-bond donors (Lipinski definition) is 1. The van der Waals surface area contributed by atoms with Crippen molar-refractivity contribution in [3.63, 3.8) is 0 Å². The van der Waals surface area contributed by atoms with E-state index in [2.05, 4.69) is 25.5 Å². The Balaban J connectivity index is 1.98. The second-order valence-electron chi connectivity index (χ2n) is 8.32. The monoisotopic (exact) mass is 457 g/mol. The number of rotatable bonds is 7. The van der Waals surface area contributed by atoms with Crippen LogP contribution in [0.3, 0.4) is 0 Å². The molecule has 3 aromatic rings. The number of ether oxygens (including phenoxy) is 1. The van der Waals surface area contributed by atoms with Crippen molar-refractivity contribution in [3.05, 3.63) is 81.5 Å². The van der Waals surface area contributed by atoms with E-state index in [9.17, 15) is 13.2 Å². The molecule has 0 spiro atoms. The average molecular weight is 458 g/mol. The molecule has 0 saturated carbocycles. The maximum atomic E-state index is 13.3. The van der Waals surface area contributed by atoms with Gasteiger partial charge in [-0.2, -0.15) is 0 Å². The molecule has 7 heteroatoms. The third-order valence-corrected chi connectivity index (χ3v) is 7.38. The number of hydrogen-bond acceptors (Lipinski definition) is 5. The zero-order valence-corrected chi connectivity index (χ0v) is 19.8. The van der Waals surface area contributed by atoms with Crippen LogP contribution in [0.4, 0.5) is 5.69 Å². The first-order valence-electron chi connectivity index (χ1n) is 9.98. The Bertz CT molecular complexity index is 1160. The highest BCUT2D eigenvalue weighted by atomic mass is 32.2. The molecule has 0 atom stereocenters. The Kier molecular flexibility index (Phi) is 6.86. The summed E-state index contributed by atoms with van der Waals surface area (Å²) in [5.74, 6) is -0.569. The first-order valence-corrected chi connectivity index (χ1v) is 12.3. The van der Waals surface area contributed by atoms with Crippen LogP contribution in [-0.4, -0.2) is 21.5 Å². The lowest BCUT2D eigenvalue weighted by atomic mass is 9.85. The summed E-state index contributed by atoms with van der Waals surface area (Å²) >= 11 is 1.13. The van der Waals surface area contributed by atoms with Gasteiger partial charge in [-0.3, -0.25) is 4.72 Å². The fourth-order valence-electron chi connectivity index (χ4n) is 3.27. The van der Waals surface area contributed by atoms with Crippen molar-refractivity contribution in [2.45, 2.75) is 43.9 Å². The molecule has 0 radical (unpaired) electrons. The minimum absolute atomic E-state index is 0.109. The number of anilines is 1. The van der Waals surface area contributed by atoms with Crippen molar-refractivity contribution in [2.75, 3.05) is 11.8 Å². The first-order chi connectivity index (χ1) is 14.6. The molecule has 31 heavy (non-hydrogen) atoms. The third-order valence-electron chi connectivity index (χ3n) is 5.02. The number of aryl methyl sites for hydroxylation is 2. The maximum absolute atomic E-state index is 13.3. The summed E-state index contributed by atoms with van der Waals surface area (Å²) in [6.45, 7) is 6.30. The predicted octanol–water partition coefficient (Wildman–Crippen LogP) is 5.42. The molecule has 0 aliphatic heterocycles. The fourth-order valence-corrected chi connectivity index (χ4v) is 5.42. The molecule has 1 heterocycles. The van der Waals surface area contributed by atoms with Crippen LogP contribution in [0, 0.1) is 0 Å². The van der Waals surface area contributed by atoms with Gasteiger partial charge in [0.05, 0.1) is 17.7 Å². The summed E-state index contributed by atoms with van der Waals surface area (Å²) in [6.07, 6.45) is 1.31. The Morgan fingerprint density at radius 2 is 1.74 bits per heavy atom. The van der Waals surface area contributed by atoms with Gasteiger partial charge in [0.15, 0.2) is 0 Å². The number of carbonyl (C=O) groups is 1. The van der Waals surface area contributed by atoms with E-state index in [4.69, 9.17) is 4.74 Å². The smallest absolute Gasteiger partial charge is 0.350 e. The van der Waals surface area contributed by atoms with Gasteiger partial charge in [0, 0.05) is 0 Å². The molecule has 0 unspecified atom stereocenters. The summed E-state index contributed by atoms with van der Waals surface area (Å²) in [5, 5.41) is 1.66. The lowest BCUT2D eigenvalue weighted by Gasteiger charge is -2.22. The maximum Gasteiger partial charge on any atom is 0.350 e. The topological polar surface area (TPSA) is 72.5 Å².